The molecule has 28 heavy (non-hydrogen) atoms. The quantitative estimate of drug-likeness (QED) is 0.286. The molecule has 0 aliphatic heterocycles. The first-order chi connectivity index (χ1) is 13.7. The van der Waals surface area contributed by atoms with Gasteiger partial charge in [-0.1, -0.05) is 64.2 Å². The van der Waals surface area contributed by atoms with E-state index in [1.54, 1.807) is 18.1 Å². The third-order valence-electron chi connectivity index (χ3n) is 4.30. The molecule has 0 atom stereocenters. The second kappa shape index (κ2) is 8.31. The molecule has 0 fully saturated rings. The zero-order valence-corrected chi connectivity index (χ0v) is 16.4. The molecule has 2 heterocycles. The number of nitrogens with one attached hydrogen (secondary N) is 1. The number of nitrogen functional groups attached to an aromatic ring is 1. The van der Waals surface area contributed by atoms with Crippen LogP contribution in [0.5, 0.6) is 5.75 Å². The summed E-state index contributed by atoms with van der Waals surface area (Å²) in [6, 6.07) is 18.3. The molecule has 4 aromatic rings. The van der Waals surface area contributed by atoms with Crippen molar-refractivity contribution in [3.05, 3.63) is 72.1 Å². The van der Waals surface area contributed by atoms with Crippen molar-refractivity contribution < 1.29 is 9.30 Å². The van der Waals surface area contributed by atoms with E-state index in [0.29, 0.717) is 19.0 Å². The smallest absolute Gasteiger partial charge is 0.295 e. The van der Waals surface area contributed by atoms with Gasteiger partial charge in [0, 0.05) is 5.75 Å². The Morgan fingerprint density at radius 2 is 2.00 bits per heavy atom. The van der Waals surface area contributed by atoms with Crippen molar-refractivity contribution in [1.82, 2.24) is 15.0 Å². The SMILES string of the molecule is Cc1cccc(OCCSc2nc3c([nH]2)c(N)nc[n+]3Cc2ccccc2)c1. The summed E-state index contributed by atoms with van der Waals surface area (Å²) < 4.78 is 7.81. The van der Waals surface area contributed by atoms with E-state index < -0.39 is 0 Å². The summed E-state index contributed by atoms with van der Waals surface area (Å²) in [5.74, 6) is 2.12. The second-order valence-electron chi connectivity index (χ2n) is 6.50. The molecule has 2 aromatic carbocycles. The number of nitrogens with two attached hydrogens (primary N) is 1. The first-order valence-corrected chi connectivity index (χ1v) is 10.1. The Morgan fingerprint density at radius 1 is 1.14 bits per heavy atom. The van der Waals surface area contributed by atoms with Crippen molar-refractivity contribution in [3.63, 3.8) is 0 Å². The maximum atomic E-state index is 6.05. The largest absolute Gasteiger partial charge is 0.493 e. The van der Waals surface area contributed by atoms with Crippen molar-refractivity contribution in [3.8, 4) is 5.75 Å². The van der Waals surface area contributed by atoms with Gasteiger partial charge in [-0.05, 0) is 30.2 Å². The Hall–Kier alpha value is -3.06. The maximum absolute atomic E-state index is 6.05. The minimum atomic E-state index is 0.453. The van der Waals surface area contributed by atoms with Crippen molar-refractivity contribution in [2.75, 3.05) is 18.1 Å². The molecule has 6 nitrogen and oxygen atoms in total. The van der Waals surface area contributed by atoms with Gasteiger partial charge in [0.05, 0.1) is 13.2 Å². The number of imidazole rings is 1. The van der Waals surface area contributed by atoms with Crippen LogP contribution in [0.4, 0.5) is 5.82 Å². The Morgan fingerprint density at radius 3 is 2.82 bits per heavy atom. The number of nitrogens with zero attached hydrogens (tertiary/aromatic N) is 3. The lowest BCUT2D eigenvalue weighted by atomic mass is 10.2. The maximum Gasteiger partial charge on any atom is 0.295 e. The van der Waals surface area contributed by atoms with Crippen LogP contribution in [0, 0.1) is 6.92 Å². The van der Waals surface area contributed by atoms with E-state index in [-0.39, 0.29) is 0 Å². The highest BCUT2D eigenvalue weighted by Crippen LogP contribution is 2.21. The molecule has 4 rings (SSSR count). The van der Waals surface area contributed by atoms with E-state index in [1.165, 1.54) is 11.1 Å². The van der Waals surface area contributed by atoms with Crippen LogP contribution >= 0.6 is 11.8 Å². The molecule has 0 aliphatic carbocycles. The van der Waals surface area contributed by atoms with E-state index in [1.807, 2.05) is 41.0 Å². The third kappa shape index (κ3) is 4.26. The fraction of sp³-hybridized carbons (Fsp3) is 0.190. The number of rotatable bonds is 7. The number of aromatic nitrogens is 4. The molecule has 0 spiro atoms. The van der Waals surface area contributed by atoms with Crippen LogP contribution in [-0.4, -0.2) is 27.3 Å². The normalized spacial score (nSPS) is 11.0. The number of hydrogen-bond donors (Lipinski definition) is 2. The molecular formula is C21H22N5OS+. The fourth-order valence-corrected chi connectivity index (χ4v) is 3.63. The molecule has 0 aliphatic rings. The lowest BCUT2D eigenvalue weighted by Gasteiger charge is -2.05. The first-order valence-electron chi connectivity index (χ1n) is 9.09. The minimum Gasteiger partial charge on any atom is -0.493 e. The number of benzene rings is 2. The molecule has 0 saturated carbocycles. The first kappa shape index (κ1) is 18.3. The van der Waals surface area contributed by atoms with Gasteiger partial charge < -0.3 is 15.5 Å². The van der Waals surface area contributed by atoms with Gasteiger partial charge in [0.15, 0.2) is 5.52 Å². The molecule has 7 heteroatoms. The molecule has 0 radical (unpaired) electrons. The number of ether oxygens (including phenoxy) is 1. The number of H-pyrrole nitrogens is 1. The van der Waals surface area contributed by atoms with Gasteiger partial charge in [-0.25, -0.2) is 4.57 Å². The fourth-order valence-electron chi connectivity index (χ4n) is 2.95. The summed E-state index contributed by atoms with van der Waals surface area (Å²) in [6.45, 7) is 3.35. The van der Waals surface area contributed by atoms with Gasteiger partial charge in [-0.3, -0.25) is 0 Å². The average molecular weight is 393 g/mol. The second-order valence-corrected chi connectivity index (χ2v) is 7.58. The molecule has 0 bridgehead atoms. The number of aryl methyl sites for hydroxylation is 1. The monoisotopic (exact) mass is 392 g/mol. The Labute approximate surface area is 167 Å². The summed E-state index contributed by atoms with van der Waals surface area (Å²) in [6.07, 6.45) is 1.74. The summed E-state index contributed by atoms with van der Waals surface area (Å²) in [7, 11) is 0. The van der Waals surface area contributed by atoms with Crippen LogP contribution in [0.1, 0.15) is 11.1 Å². The van der Waals surface area contributed by atoms with Gasteiger partial charge in [-0.15, -0.1) is 0 Å². The van der Waals surface area contributed by atoms with Crippen LogP contribution in [0.3, 0.4) is 0 Å². The molecule has 142 valence electrons. The van der Waals surface area contributed by atoms with Gasteiger partial charge >= 0.3 is 0 Å². The molecule has 3 N–H and O–H groups in total. The van der Waals surface area contributed by atoms with Crippen LogP contribution in [0.25, 0.3) is 11.2 Å². The number of aromatic amines is 1. The zero-order valence-electron chi connectivity index (χ0n) is 15.6. The van der Waals surface area contributed by atoms with Crippen LogP contribution < -0.4 is 15.0 Å². The van der Waals surface area contributed by atoms with Crippen molar-refractivity contribution in [2.24, 2.45) is 0 Å². The zero-order chi connectivity index (χ0) is 19.3. The molecule has 0 amide bonds. The highest BCUT2D eigenvalue weighted by atomic mass is 32.2. The number of anilines is 1. The Bertz CT molecular complexity index is 1080. The molecule has 0 saturated heterocycles. The van der Waals surface area contributed by atoms with Crippen molar-refractivity contribution in [2.45, 2.75) is 18.6 Å². The van der Waals surface area contributed by atoms with Gasteiger partial charge in [0.2, 0.25) is 17.3 Å². The van der Waals surface area contributed by atoms with Crippen molar-refractivity contribution >= 4 is 28.7 Å². The number of thioether (sulfide) groups is 1. The summed E-state index contributed by atoms with van der Waals surface area (Å²) in [5, 5.41) is 0.810. The van der Waals surface area contributed by atoms with Crippen LogP contribution in [0.15, 0.2) is 66.1 Å². The molecule has 0 unspecified atom stereocenters. The van der Waals surface area contributed by atoms with E-state index in [4.69, 9.17) is 15.5 Å². The van der Waals surface area contributed by atoms with Crippen LogP contribution in [0.2, 0.25) is 0 Å². The summed E-state index contributed by atoms with van der Waals surface area (Å²) in [4.78, 5) is 12.3. The highest BCUT2D eigenvalue weighted by Gasteiger charge is 2.18. The standard InChI is InChI=1S/C21H21N5OS/c1-15-6-5-9-17(12-15)27-10-11-28-21-24-18-19(22)23-14-26(20(18)25-21)13-16-7-3-2-4-8-16/h2-9,12,14H,10-11,13H2,1H3,(H2,22,24,25)/p+1. The highest BCUT2D eigenvalue weighted by molar-refractivity contribution is 7.99. The third-order valence-corrected chi connectivity index (χ3v) is 5.14. The Balaban J connectivity index is 1.45. The lowest BCUT2D eigenvalue weighted by molar-refractivity contribution is -0.667. The van der Waals surface area contributed by atoms with Gasteiger partial charge in [-0.2, -0.15) is 0 Å². The lowest BCUT2D eigenvalue weighted by Crippen LogP contribution is -2.36. The van der Waals surface area contributed by atoms with E-state index in [2.05, 4.69) is 35.1 Å². The molecule has 2 aromatic heterocycles. The van der Waals surface area contributed by atoms with E-state index >= 15 is 0 Å². The minimum absolute atomic E-state index is 0.453. The predicted octanol–water partition coefficient (Wildman–Crippen LogP) is 3.36. The van der Waals surface area contributed by atoms with Gasteiger partial charge in [0.1, 0.15) is 5.75 Å². The molecular weight excluding hydrogens is 370 g/mol. The van der Waals surface area contributed by atoms with E-state index in [0.717, 1.165) is 27.8 Å². The van der Waals surface area contributed by atoms with Crippen LogP contribution in [-0.2, 0) is 6.54 Å². The van der Waals surface area contributed by atoms with E-state index in [9.17, 15) is 0 Å². The summed E-state index contributed by atoms with van der Waals surface area (Å²) >= 11 is 1.60. The van der Waals surface area contributed by atoms with Gasteiger partial charge in [0.25, 0.3) is 5.65 Å². The summed E-state index contributed by atoms with van der Waals surface area (Å²) in [5.41, 5.74) is 9.99. The predicted molar refractivity (Wildman–Crippen MR) is 111 cm³/mol. The average Bonchev–Trinajstić information content (AvgIpc) is 3.14. The Kier molecular flexibility index (Phi) is 5.43. The number of fused-ring (bicyclic) bond motifs is 1. The van der Waals surface area contributed by atoms with Crippen molar-refractivity contribution in [1.29, 1.82) is 0 Å². The topological polar surface area (TPSA) is 80.7 Å². The number of hydrogen-bond acceptors (Lipinski definition) is 5.